The molecule has 0 aliphatic rings. The van der Waals surface area contributed by atoms with E-state index in [0.717, 1.165) is 41.1 Å². The predicted molar refractivity (Wildman–Crippen MR) is 91.9 cm³/mol. The van der Waals surface area contributed by atoms with Gasteiger partial charge in [-0.1, -0.05) is 6.92 Å². The van der Waals surface area contributed by atoms with Crippen molar-refractivity contribution in [3.05, 3.63) is 31.9 Å². The molecule has 0 aliphatic heterocycles. The molecule has 116 valence electrons. The Hall–Kier alpha value is -0.720. The van der Waals surface area contributed by atoms with Gasteiger partial charge in [-0.05, 0) is 49.7 Å². The highest BCUT2D eigenvalue weighted by Crippen LogP contribution is 2.29. The van der Waals surface area contributed by atoms with Crippen molar-refractivity contribution >= 4 is 27.3 Å². The lowest BCUT2D eigenvalue weighted by Crippen LogP contribution is -2.24. The molecule has 21 heavy (non-hydrogen) atoms. The van der Waals surface area contributed by atoms with Crippen molar-refractivity contribution in [2.75, 3.05) is 6.54 Å². The van der Waals surface area contributed by atoms with Crippen molar-refractivity contribution < 1.29 is 0 Å². The van der Waals surface area contributed by atoms with Crippen molar-refractivity contribution in [3.8, 4) is 0 Å². The highest BCUT2D eigenvalue weighted by molar-refractivity contribution is 9.10. The summed E-state index contributed by atoms with van der Waals surface area (Å²) in [5.41, 5.74) is 2.32. The molecule has 2 heterocycles. The van der Waals surface area contributed by atoms with E-state index in [4.69, 9.17) is 0 Å². The van der Waals surface area contributed by atoms with E-state index in [-0.39, 0.29) is 0 Å². The first kappa shape index (κ1) is 16.6. The van der Waals surface area contributed by atoms with Gasteiger partial charge in [0.1, 0.15) is 0 Å². The van der Waals surface area contributed by atoms with Gasteiger partial charge in [-0.2, -0.15) is 5.10 Å². The van der Waals surface area contributed by atoms with Gasteiger partial charge in [-0.25, -0.2) is 4.98 Å². The molecule has 0 amide bonds. The summed E-state index contributed by atoms with van der Waals surface area (Å²) in [7, 11) is 0. The Morgan fingerprint density at radius 3 is 2.71 bits per heavy atom. The van der Waals surface area contributed by atoms with Crippen LogP contribution in [-0.2, 0) is 13.0 Å². The number of hydrogen-bond acceptors (Lipinski definition) is 4. The second-order valence-corrected chi connectivity index (χ2v) is 7.21. The average molecular weight is 371 g/mol. The maximum Gasteiger partial charge on any atom is 0.0897 e. The Labute approximate surface area is 139 Å². The van der Waals surface area contributed by atoms with E-state index in [9.17, 15) is 0 Å². The molecule has 0 saturated carbocycles. The van der Waals surface area contributed by atoms with Crippen LogP contribution in [0, 0.1) is 13.8 Å². The lowest BCUT2D eigenvalue weighted by atomic mass is 10.1. The van der Waals surface area contributed by atoms with Crippen molar-refractivity contribution in [1.29, 1.82) is 0 Å². The highest BCUT2D eigenvalue weighted by Gasteiger charge is 2.20. The van der Waals surface area contributed by atoms with E-state index in [1.165, 1.54) is 10.6 Å². The molecule has 4 nitrogen and oxygen atoms in total. The van der Waals surface area contributed by atoms with Crippen LogP contribution < -0.4 is 5.32 Å². The molecular weight excluding hydrogens is 348 g/mol. The molecule has 6 heteroatoms. The lowest BCUT2D eigenvalue weighted by molar-refractivity contribution is 0.507. The summed E-state index contributed by atoms with van der Waals surface area (Å²) in [5.74, 6) is 0. The Bertz CT molecular complexity index is 591. The van der Waals surface area contributed by atoms with Crippen molar-refractivity contribution in [1.82, 2.24) is 20.1 Å². The van der Waals surface area contributed by atoms with Crippen LogP contribution in [-0.4, -0.2) is 21.3 Å². The molecule has 0 bridgehead atoms. The van der Waals surface area contributed by atoms with Crippen LogP contribution in [0.15, 0.2) is 10.7 Å². The van der Waals surface area contributed by atoms with Gasteiger partial charge in [0, 0.05) is 30.1 Å². The first-order valence-corrected chi connectivity index (χ1v) is 9.05. The molecule has 0 aliphatic carbocycles. The number of nitrogens with one attached hydrogen (secondary N) is 1. The minimum absolute atomic E-state index is 0.300. The van der Waals surface area contributed by atoms with E-state index in [1.54, 1.807) is 11.3 Å². The zero-order valence-corrected chi connectivity index (χ0v) is 15.5. The normalized spacial score (nSPS) is 12.8. The van der Waals surface area contributed by atoms with E-state index in [1.807, 2.05) is 13.1 Å². The molecule has 1 atom stereocenters. The molecule has 2 aromatic heterocycles. The number of aromatic nitrogens is 3. The van der Waals surface area contributed by atoms with E-state index < -0.39 is 0 Å². The number of rotatable bonds is 7. The Morgan fingerprint density at radius 2 is 2.14 bits per heavy atom. The second kappa shape index (κ2) is 7.51. The fourth-order valence-corrected chi connectivity index (χ4v) is 3.69. The first-order valence-electron chi connectivity index (χ1n) is 7.44. The molecule has 2 aromatic rings. The zero-order chi connectivity index (χ0) is 15.4. The van der Waals surface area contributed by atoms with Gasteiger partial charge in [0.2, 0.25) is 0 Å². The standard InChI is InChI=1S/C15H23BrN4S/c1-5-7-17-12(14-9-18-11(4)21-14)8-13-15(16)10(3)19-20(13)6-2/h9,12,17H,5-8H2,1-4H3. The minimum Gasteiger partial charge on any atom is -0.309 e. The molecule has 0 spiro atoms. The molecule has 0 radical (unpaired) electrons. The van der Waals surface area contributed by atoms with E-state index in [2.05, 4.69) is 56.8 Å². The summed E-state index contributed by atoms with van der Waals surface area (Å²) in [6.45, 7) is 10.3. The Balaban J connectivity index is 2.26. The summed E-state index contributed by atoms with van der Waals surface area (Å²) in [6.07, 6.45) is 4.05. The van der Waals surface area contributed by atoms with Crippen LogP contribution >= 0.6 is 27.3 Å². The molecule has 0 saturated heterocycles. The molecule has 1 N–H and O–H groups in total. The van der Waals surface area contributed by atoms with Crippen LogP contribution in [0.25, 0.3) is 0 Å². The lowest BCUT2D eigenvalue weighted by Gasteiger charge is -2.17. The van der Waals surface area contributed by atoms with Gasteiger partial charge in [0.15, 0.2) is 0 Å². The Kier molecular flexibility index (Phi) is 5.96. The third-order valence-electron chi connectivity index (χ3n) is 3.47. The van der Waals surface area contributed by atoms with Crippen LogP contribution in [0.2, 0.25) is 0 Å². The zero-order valence-electron chi connectivity index (χ0n) is 13.1. The van der Waals surface area contributed by atoms with E-state index in [0.29, 0.717) is 6.04 Å². The third kappa shape index (κ3) is 3.93. The van der Waals surface area contributed by atoms with E-state index >= 15 is 0 Å². The van der Waals surface area contributed by atoms with Crippen LogP contribution in [0.5, 0.6) is 0 Å². The number of hydrogen-bond donors (Lipinski definition) is 1. The largest absolute Gasteiger partial charge is 0.309 e. The monoisotopic (exact) mass is 370 g/mol. The molecule has 0 fully saturated rings. The third-order valence-corrected chi connectivity index (χ3v) is 5.53. The maximum atomic E-state index is 4.59. The summed E-state index contributed by atoms with van der Waals surface area (Å²) >= 11 is 5.47. The average Bonchev–Trinajstić information content (AvgIpc) is 3.01. The van der Waals surface area contributed by atoms with Crippen LogP contribution in [0.1, 0.15) is 47.6 Å². The van der Waals surface area contributed by atoms with Crippen LogP contribution in [0.3, 0.4) is 0 Å². The molecular formula is C15H23BrN4S. The SMILES string of the molecule is CCCNC(Cc1c(Br)c(C)nn1CC)c1cnc(C)s1. The van der Waals surface area contributed by atoms with Gasteiger partial charge < -0.3 is 5.32 Å². The summed E-state index contributed by atoms with van der Waals surface area (Å²) < 4.78 is 3.22. The fourth-order valence-electron chi connectivity index (χ4n) is 2.39. The minimum atomic E-state index is 0.300. The maximum absolute atomic E-state index is 4.59. The van der Waals surface area contributed by atoms with Gasteiger partial charge in [-0.15, -0.1) is 11.3 Å². The van der Waals surface area contributed by atoms with Crippen molar-refractivity contribution in [2.24, 2.45) is 0 Å². The smallest absolute Gasteiger partial charge is 0.0897 e. The number of nitrogens with zero attached hydrogens (tertiary/aromatic N) is 3. The van der Waals surface area contributed by atoms with Crippen LogP contribution in [0.4, 0.5) is 0 Å². The topological polar surface area (TPSA) is 42.7 Å². The molecule has 1 unspecified atom stereocenters. The van der Waals surface area contributed by atoms with Gasteiger partial charge in [-0.3, -0.25) is 4.68 Å². The predicted octanol–water partition coefficient (Wildman–Crippen LogP) is 4.02. The summed E-state index contributed by atoms with van der Waals surface area (Å²) in [5, 5.41) is 9.35. The fraction of sp³-hybridized carbons (Fsp3) is 0.600. The summed E-state index contributed by atoms with van der Waals surface area (Å²) in [6, 6.07) is 0.300. The highest BCUT2D eigenvalue weighted by atomic mass is 79.9. The number of aryl methyl sites for hydroxylation is 3. The summed E-state index contributed by atoms with van der Waals surface area (Å²) in [4.78, 5) is 5.70. The molecule has 2 rings (SSSR count). The first-order chi connectivity index (χ1) is 10.1. The van der Waals surface area contributed by atoms with Crippen molar-refractivity contribution in [2.45, 2.75) is 53.1 Å². The quantitative estimate of drug-likeness (QED) is 0.799. The second-order valence-electron chi connectivity index (χ2n) is 5.15. The number of halogens is 1. The van der Waals surface area contributed by atoms with Gasteiger partial charge >= 0.3 is 0 Å². The Morgan fingerprint density at radius 1 is 1.38 bits per heavy atom. The number of thiazole rings is 1. The molecule has 0 aromatic carbocycles. The van der Waals surface area contributed by atoms with Gasteiger partial charge in [0.05, 0.1) is 20.9 Å². The van der Waals surface area contributed by atoms with Crippen molar-refractivity contribution in [3.63, 3.8) is 0 Å². The van der Waals surface area contributed by atoms with Gasteiger partial charge in [0.25, 0.3) is 0 Å².